The van der Waals surface area contributed by atoms with Gasteiger partial charge in [-0.15, -0.1) is 5.10 Å². The highest BCUT2D eigenvalue weighted by Crippen LogP contribution is 2.42. The number of nitrogens with zero attached hydrogens (tertiary/aromatic N) is 3. The highest BCUT2D eigenvalue weighted by molar-refractivity contribution is 6.00. The third kappa shape index (κ3) is 2.23. The SMILES string of the molecule is NC(=O)[C@@H]1C[C@H]1C(=O)c1nc2n(n1)[C@H](c1ccccc1)C[C@@H]2F. The fourth-order valence-electron chi connectivity index (χ4n) is 3.20. The first-order valence-corrected chi connectivity index (χ1v) is 7.55. The molecule has 1 aliphatic heterocycles. The van der Waals surface area contributed by atoms with E-state index in [1.165, 1.54) is 4.68 Å². The van der Waals surface area contributed by atoms with E-state index in [9.17, 15) is 14.0 Å². The van der Waals surface area contributed by atoms with Gasteiger partial charge < -0.3 is 5.73 Å². The number of carbonyl (C=O) groups excluding carboxylic acids is 2. The molecular weight excluding hydrogens is 299 g/mol. The summed E-state index contributed by atoms with van der Waals surface area (Å²) in [6.07, 6.45) is -0.555. The van der Waals surface area contributed by atoms with Gasteiger partial charge in [0.15, 0.2) is 12.0 Å². The van der Waals surface area contributed by atoms with Crippen molar-refractivity contribution in [3.63, 3.8) is 0 Å². The van der Waals surface area contributed by atoms with Gasteiger partial charge in [0, 0.05) is 18.3 Å². The van der Waals surface area contributed by atoms with Crippen LogP contribution in [0.25, 0.3) is 0 Å². The molecular formula is C16H15FN4O2. The molecule has 1 amide bonds. The maximum Gasteiger partial charge on any atom is 0.221 e. The van der Waals surface area contributed by atoms with Gasteiger partial charge in [-0.05, 0) is 12.0 Å². The van der Waals surface area contributed by atoms with Gasteiger partial charge in [0.2, 0.25) is 17.5 Å². The summed E-state index contributed by atoms with van der Waals surface area (Å²) in [6, 6.07) is 9.19. The smallest absolute Gasteiger partial charge is 0.221 e. The van der Waals surface area contributed by atoms with Crippen LogP contribution in [0.5, 0.6) is 0 Å². The van der Waals surface area contributed by atoms with Crippen LogP contribution in [0, 0.1) is 11.8 Å². The first-order chi connectivity index (χ1) is 11.1. The molecule has 0 radical (unpaired) electrons. The van der Waals surface area contributed by atoms with Crippen molar-refractivity contribution in [1.82, 2.24) is 14.8 Å². The summed E-state index contributed by atoms with van der Waals surface area (Å²) >= 11 is 0. The van der Waals surface area contributed by atoms with Crippen LogP contribution in [0.2, 0.25) is 0 Å². The maximum absolute atomic E-state index is 14.2. The van der Waals surface area contributed by atoms with Crippen LogP contribution >= 0.6 is 0 Å². The third-order valence-electron chi connectivity index (χ3n) is 4.56. The summed E-state index contributed by atoms with van der Waals surface area (Å²) in [6.45, 7) is 0. The lowest BCUT2D eigenvalue weighted by Crippen LogP contribution is -2.17. The lowest BCUT2D eigenvalue weighted by atomic mass is 10.0. The van der Waals surface area contributed by atoms with Crippen LogP contribution in [0.4, 0.5) is 4.39 Å². The Hall–Kier alpha value is -2.57. The van der Waals surface area contributed by atoms with E-state index in [1.807, 2.05) is 30.3 Å². The molecule has 118 valence electrons. The molecule has 0 bridgehead atoms. The average molecular weight is 314 g/mol. The number of hydrogen-bond acceptors (Lipinski definition) is 4. The summed E-state index contributed by atoms with van der Waals surface area (Å²) in [5.41, 5.74) is 6.13. The number of benzene rings is 1. The van der Waals surface area contributed by atoms with E-state index >= 15 is 0 Å². The number of primary amides is 1. The fraction of sp³-hybridized carbons (Fsp3) is 0.375. The quantitative estimate of drug-likeness (QED) is 0.868. The summed E-state index contributed by atoms with van der Waals surface area (Å²) in [5, 5.41) is 4.22. The van der Waals surface area contributed by atoms with Crippen molar-refractivity contribution in [2.75, 3.05) is 0 Å². The van der Waals surface area contributed by atoms with E-state index in [0.717, 1.165) is 5.56 Å². The van der Waals surface area contributed by atoms with E-state index in [-0.39, 0.29) is 29.9 Å². The zero-order valence-electron chi connectivity index (χ0n) is 12.2. The van der Waals surface area contributed by atoms with Crippen LogP contribution in [-0.4, -0.2) is 26.5 Å². The van der Waals surface area contributed by atoms with E-state index in [2.05, 4.69) is 10.1 Å². The molecule has 6 nitrogen and oxygen atoms in total. The van der Waals surface area contributed by atoms with Crippen LogP contribution < -0.4 is 5.73 Å². The Bertz CT molecular complexity index is 789. The fourth-order valence-corrected chi connectivity index (χ4v) is 3.20. The predicted octanol–water partition coefficient (Wildman–Crippen LogP) is 1.59. The minimum atomic E-state index is -1.25. The molecule has 2 aromatic rings. The normalized spacial score (nSPS) is 28.4. The Morgan fingerprint density at radius 3 is 2.57 bits per heavy atom. The second kappa shape index (κ2) is 4.97. The number of Topliss-reactive ketones (excluding diaryl/α,β-unsaturated/α-hetero) is 1. The summed E-state index contributed by atoms with van der Waals surface area (Å²) < 4.78 is 15.7. The predicted molar refractivity (Wildman–Crippen MR) is 78.2 cm³/mol. The van der Waals surface area contributed by atoms with E-state index in [1.54, 1.807) is 0 Å². The van der Waals surface area contributed by atoms with Crippen molar-refractivity contribution in [3.8, 4) is 0 Å². The van der Waals surface area contributed by atoms with E-state index in [4.69, 9.17) is 5.73 Å². The number of carbonyl (C=O) groups is 2. The molecule has 1 fully saturated rings. The van der Waals surface area contributed by atoms with Crippen molar-refractivity contribution < 1.29 is 14.0 Å². The molecule has 1 aromatic heterocycles. The second-order valence-electron chi connectivity index (χ2n) is 6.08. The lowest BCUT2D eigenvalue weighted by Gasteiger charge is -2.11. The van der Waals surface area contributed by atoms with Crippen molar-refractivity contribution in [3.05, 3.63) is 47.5 Å². The van der Waals surface area contributed by atoms with Gasteiger partial charge in [-0.3, -0.25) is 9.59 Å². The number of amides is 1. The topological polar surface area (TPSA) is 90.9 Å². The molecule has 2 aliphatic rings. The van der Waals surface area contributed by atoms with Gasteiger partial charge in [-0.2, -0.15) is 0 Å². The zero-order chi connectivity index (χ0) is 16.1. The number of ketones is 1. The molecule has 2 N–H and O–H groups in total. The first kappa shape index (κ1) is 14.0. The Morgan fingerprint density at radius 1 is 1.17 bits per heavy atom. The van der Waals surface area contributed by atoms with Crippen LogP contribution in [0.1, 0.15) is 47.1 Å². The van der Waals surface area contributed by atoms with Gasteiger partial charge in [-0.25, -0.2) is 14.1 Å². The van der Waals surface area contributed by atoms with Gasteiger partial charge in [0.25, 0.3) is 0 Å². The molecule has 4 rings (SSSR count). The first-order valence-electron chi connectivity index (χ1n) is 7.55. The Kier molecular flexibility index (Phi) is 3.04. The molecule has 4 atom stereocenters. The van der Waals surface area contributed by atoms with Crippen molar-refractivity contribution in [2.24, 2.45) is 17.6 Å². The molecule has 7 heteroatoms. The molecule has 0 unspecified atom stereocenters. The van der Waals surface area contributed by atoms with Crippen LogP contribution in [0.15, 0.2) is 30.3 Å². The van der Waals surface area contributed by atoms with Crippen LogP contribution in [-0.2, 0) is 4.79 Å². The standard InChI is InChI=1S/C16H15FN4O2/c17-11-7-12(8-4-2-1-3-5-8)21-16(11)19-15(20-21)13(22)9-6-10(9)14(18)23/h1-5,9-12H,6-7H2,(H2,18,23)/t9-,10-,11+,12+/m1/s1. The number of hydrogen-bond donors (Lipinski definition) is 1. The van der Waals surface area contributed by atoms with Crippen molar-refractivity contribution in [2.45, 2.75) is 25.1 Å². The average Bonchev–Trinajstić information content (AvgIpc) is 3.14. The van der Waals surface area contributed by atoms with Gasteiger partial charge in [0.1, 0.15) is 0 Å². The molecule has 1 saturated carbocycles. The Balaban J connectivity index is 1.63. The largest absolute Gasteiger partial charge is 0.369 e. The van der Waals surface area contributed by atoms with E-state index in [0.29, 0.717) is 6.42 Å². The molecule has 2 heterocycles. The van der Waals surface area contributed by atoms with Gasteiger partial charge >= 0.3 is 0 Å². The molecule has 23 heavy (non-hydrogen) atoms. The molecule has 0 saturated heterocycles. The minimum absolute atomic E-state index is 0.0166. The summed E-state index contributed by atoms with van der Waals surface area (Å²) in [4.78, 5) is 27.5. The third-order valence-corrected chi connectivity index (χ3v) is 4.56. The highest BCUT2D eigenvalue weighted by atomic mass is 19.1. The van der Waals surface area contributed by atoms with Gasteiger partial charge in [0.05, 0.1) is 6.04 Å². The zero-order valence-corrected chi connectivity index (χ0v) is 12.2. The Labute approximate surface area is 131 Å². The van der Waals surface area contributed by atoms with Crippen molar-refractivity contribution >= 4 is 11.7 Å². The number of aromatic nitrogens is 3. The number of nitrogens with two attached hydrogens (primary N) is 1. The monoisotopic (exact) mass is 314 g/mol. The van der Waals surface area contributed by atoms with E-state index < -0.39 is 23.9 Å². The molecule has 1 aromatic carbocycles. The highest BCUT2D eigenvalue weighted by Gasteiger charge is 2.49. The second-order valence-corrected chi connectivity index (χ2v) is 6.08. The lowest BCUT2D eigenvalue weighted by molar-refractivity contribution is -0.119. The summed E-state index contributed by atoms with van der Waals surface area (Å²) in [7, 11) is 0. The van der Waals surface area contributed by atoms with Gasteiger partial charge in [-0.1, -0.05) is 30.3 Å². The molecule has 0 spiro atoms. The number of alkyl halides is 1. The summed E-state index contributed by atoms with van der Waals surface area (Å²) in [5.74, 6) is -1.54. The minimum Gasteiger partial charge on any atom is -0.369 e. The number of fused-ring (bicyclic) bond motifs is 1. The Morgan fingerprint density at radius 2 is 1.91 bits per heavy atom. The van der Waals surface area contributed by atoms with Crippen molar-refractivity contribution in [1.29, 1.82) is 0 Å². The number of rotatable bonds is 4. The molecule has 1 aliphatic carbocycles. The maximum atomic E-state index is 14.2. The van der Waals surface area contributed by atoms with Crippen LogP contribution in [0.3, 0.4) is 0 Å². The number of halogens is 1.